The van der Waals surface area contributed by atoms with E-state index in [2.05, 4.69) is 21.7 Å². The molecular formula is C22H23ClN4O2. The second-order valence-electron chi connectivity index (χ2n) is 7.89. The van der Waals surface area contributed by atoms with E-state index >= 15 is 0 Å². The molecular weight excluding hydrogens is 388 g/mol. The molecule has 1 aliphatic carbocycles. The first-order valence-corrected chi connectivity index (χ1v) is 10.4. The van der Waals surface area contributed by atoms with E-state index < -0.39 is 0 Å². The van der Waals surface area contributed by atoms with Gasteiger partial charge in [0.1, 0.15) is 11.3 Å². The second kappa shape index (κ2) is 7.13. The van der Waals surface area contributed by atoms with Crippen LogP contribution in [-0.4, -0.2) is 29.1 Å². The number of fused-ring (bicyclic) bond motifs is 2. The number of imidazole rings is 1. The third-order valence-corrected chi connectivity index (χ3v) is 6.05. The molecule has 0 unspecified atom stereocenters. The van der Waals surface area contributed by atoms with E-state index in [4.69, 9.17) is 21.3 Å². The van der Waals surface area contributed by atoms with Crippen molar-refractivity contribution in [3.8, 4) is 0 Å². The van der Waals surface area contributed by atoms with Gasteiger partial charge in [0.15, 0.2) is 0 Å². The van der Waals surface area contributed by atoms with E-state index in [1.54, 1.807) is 6.07 Å². The predicted octanol–water partition coefficient (Wildman–Crippen LogP) is 4.14. The van der Waals surface area contributed by atoms with Crippen molar-refractivity contribution in [2.24, 2.45) is 0 Å². The summed E-state index contributed by atoms with van der Waals surface area (Å²) in [7, 11) is 0. The van der Waals surface area contributed by atoms with Crippen LogP contribution in [0.25, 0.3) is 11.0 Å². The Bertz CT molecular complexity index is 1100. The van der Waals surface area contributed by atoms with Gasteiger partial charge in [-0.2, -0.15) is 0 Å². The van der Waals surface area contributed by atoms with Gasteiger partial charge in [-0.25, -0.2) is 4.98 Å². The average Bonchev–Trinajstić information content (AvgIpc) is 3.14. The number of amides is 1. The average molecular weight is 411 g/mol. The summed E-state index contributed by atoms with van der Waals surface area (Å²) in [6.07, 6.45) is 2.07. The number of ether oxygens (including phenoxy) is 1. The Morgan fingerprint density at radius 2 is 2.07 bits per heavy atom. The van der Waals surface area contributed by atoms with Crippen molar-refractivity contribution in [1.29, 1.82) is 0 Å². The number of benzene rings is 2. The molecule has 150 valence electrons. The summed E-state index contributed by atoms with van der Waals surface area (Å²) in [5.41, 5.74) is 5.09. The zero-order chi connectivity index (χ0) is 20.0. The fourth-order valence-electron chi connectivity index (χ4n) is 3.98. The van der Waals surface area contributed by atoms with Crippen LogP contribution in [0.4, 0.5) is 5.69 Å². The maximum Gasteiger partial charge on any atom is 0.257 e. The van der Waals surface area contributed by atoms with Gasteiger partial charge in [0.2, 0.25) is 0 Å². The Morgan fingerprint density at radius 3 is 2.86 bits per heavy atom. The van der Waals surface area contributed by atoms with Gasteiger partial charge in [0.05, 0.1) is 23.1 Å². The second-order valence-corrected chi connectivity index (χ2v) is 8.33. The third-order valence-electron chi connectivity index (χ3n) is 5.83. The fourth-order valence-corrected chi connectivity index (χ4v) is 4.19. The Hall–Kier alpha value is -2.41. The van der Waals surface area contributed by atoms with Crippen molar-refractivity contribution < 1.29 is 9.53 Å². The summed E-state index contributed by atoms with van der Waals surface area (Å²) in [5, 5.41) is 6.82. The number of aromatic nitrogens is 2. The normalized spacial score (nSPS) is 16.8. The number of halogens is 1. The summed E-state index contributed by atoms with van der Waals surface area (Å²) in [5.74, 6) is 0.664. The summed E-state index contributed by atoms with van der Waals surface area (Å²) < 4.78 is 5.66. The van der Waals surface area contributed by atoms with Crippen LogP contribution in [0.1, 0.15) is 47.1 Å². The standard InChI is InChI=1S/C22H23ClN4O2/c1-2-29-12-22(5-6-22)21-26-18-9-15(23)8-17(19(18)27-21)20(28)25-16-4-3-13-10-24-11-14(13)7-16/h3-4,7-9,24H,2,5-6,10-12H2,1H3,(H,25,28)(H,26,27). The van der Waals surface area contributed by atoms with Crippen LogP contribution in [-0.2, 0) is 23.2 Å². The number of nitrogens with zero attached hydrogens (tertiary/aromatic N) is 1. The maximum absolute atomic E-state index is 13.1. The topological polar surface area (TPSA) is 79.0 Å². The molecule has 0 radical (unpaired) electrons. The smallest absolute Gasteiger partial charge is 0.257 e. The largest absolute Gasteiger partial charge is 0.381 e. The van der Waals surface area contributed by atoms with Crippen molar-refractivity contribution in [2.75, 3.05) is 18.5 Å². The zero-order valence-corrected chi connectivity index (χ0v) is 17.0. The molecule has 3 N–H and O–H groups in total. The van der Waals surface area contributed by atoms with Gasteiger partial charge in [-0.05, 0) is 55.2 Å². The first kappa shape index (κ1) is 18.6. The predicted molar refractivity (Wildman–Crippen MR) is 113 cm³/mol. The minimum Gasteiger partial charge on any atom is -0.381 e. The molecule has 0 spiro atoms. The van der Waals surface area contributed by atoms with Crippen LogP contribution in [0.5, 0.6) is 0 Å². The van der Waals surface area contributed by atoms with Gasteiger partial charge in [-0.3, -0.25) is 4.79 Å². The fraction of sp³-hybridized carbons (Fsp3) is 0.364. The molecule has 7 heteroatoms. The van der Waals surface area contributed by atoms with Crippen molar-refractivity contribution in [3.05, 3.63) is 57.9 Å². The number of carbonyl (C=O) groups is 1. The highest BCUT2D eigenvalue weighted by Gasteiger charge is 2.47. The van der Waals surface area contributed by atoms with E-state index in [0.29, 0.717) is 29.3 Å². The molecule has 1 saturated carbocycles. The highest BCUT2D eigenvalue weighted by molar-refractivity contribution is 6.32. The molecule has 1 aliphatic heterocycles. The molecule has 2 heterocycles. The maximum atomic E-state index is 13.1. The first-order valence-electron chi connectivity index (χ1n) is 9.99. The number of anilines is 1. The zero-order valence-electron chi connectivity index (χ0n) is 16.3. The summed E-state index contributed by atoms with van der Waals surface area (Å²) in [4.78, 5) is 21.2. The third kappa shape index (κ3) is 3.41. The van der Waals surface area contributed by atoms with E-state index in [0.717, 1.165) is 43.0 Å². The summed E-state index contributed by atoms with van der Waals surface area (Å²) in [6, 6.07) is 9.51. The van der Waals surface area contributed by atoms with E-state index in [1.165, 1.54) is 11.1 Å². The van der Waals surface area contributed by atoms with Crippen LogP contribution in [0.3, 0.4) is 0 Å². The van der Waals surface area contributed by atoms with Gasteiger partial charge >= 0.3 is 0 Å². The molecule has 1 amide bonds. The lowest BCUT2D eigenvalue weighted by molar-refractivity contribution is 0.102. The lowest BCUT2D eigenvalue weighted by atomic mass is 10.1. The molecule has 29 heavy (non-hydrogen) atoms. The van der Waals surface area contributed by atoms with Crippen LogP contribution in [0.2, 0.25) is 5.02 Å². The highest BCUT2D eigenvalue weighted by atomic mass is 35.5. The minimum absolute atomic E-state index is 0.0672. The Balaban J connectivity index is 1.47. The molecule has 0 bridgehead atoms. The number of aromatic amines is 1. The van der Waals surface area contributed by atoms with Gasteiger partial charge in [-0.1, -0.05) is 17.7 Å². The monoisotopic (exact) mass is 410 g/mol. The van der Waals surface area contributed by atoms with Crippen molar-refractivity contribution in [3.63, 3.8) is 0 Å². The van der Waals surface area contributed by atoms with Crippen molar-refractivity contribution >= 4 is 34.2 Å². The lowest BCUT2D eigenvalue weighted by Gasteiger charge is -2.11. The van der Waals surface area contributed by atoms with Crippen molar-refractivity contribution in [2.45, 2.75) is 38.3 Å². The van der Waals surface area contributed by atoms with E-state index in [9.17, 15) is 4.79 Å². The molecule has 0 saturated heterocycles. The molecule has 5 rings (SSSR count). The number of H-pyrrole nitrogens is 1. The number of hydrogen-bond acceptors (Lipinski definition) is 4. The first-order chi connectivity index (χ1) is 14.1. The van der Waals surface area contributed by atoms with Gasteiger partial charge < -0.3 is 20.4 Å². The number of hydrogen-bond donors (Lipinski definition) is 3. The van der Waals surface area contributed by atoms with Gasteiger partial charge in [-0.15, -0.1) is 0 Å². The minimum atomic E-state index is -0.212. The quantitative estimate of drug-likeness (QED) is 0.570. The number of carbonyl (C=O) groups excluding carboxylic acids is 1. The number of rotatable bonds is 6. The SMILES string of the molecule is CCOCC1(c2nc3c(C(=O)Nc4ccc5c(c4)CNC5)cc(Cl)cc3[nH]2)CC1. The van der Waals surface area contributed by atoms with Crippen LogP contribution in [0, 0.1) is 0 Å². The molecule has 1 aromatic heterocycles. The Labute approximate surface area is 174 Å². The van der Waals surface area contributed by atoms with E-state index in [-0.39, 0.29) is 11.3 Å². The summed E-state index contributed by atoms with van der Waals surface area (Å²) in [6.45, 7) is 5.01. The molecule has 1 fully saturated rings. The molecule has 2 aromatic carbocycles. The van der Waals surface area contributed by atoms with Crippen LogP contribution >= 0.6 is 11.6 Å². The van der Waals surface area contributed by atoms with Gasteiger partial charge in [0, 0.05) is 30.4 Å². The molecule has 3 aromatic rings. The summed E-state index contributed by atoms with van der Waals surface area (Å²) >= 11 is 6.31. The highest BCUT2D eigenvalue weighted by Crippen LogP contribution is 2.47. The van der Waals surface area contributed by atoms with Crippen LogP contribution in [0.15, 0.2) is 30.3 Å². The Kier molecular flexibility index (Phi) is 4.57. The lowest BCUT2D eigenvalue weighted by Crippen LogP contribution is -2.17. The molecule has 2 aliphatic rings. The van der Waals surface area contributed by atoms with E-state index in [1.807, 2.05) is 25.1 Å². The van der Waals surface area contributed by atoms with Gasteiger partial charge in [0.25, 0.3) is 5.91 Å². The number of nitrogens with one attached hydrogen (secondary N) is 3. The molecule has 0 atom stereocenters. The van der Waals surface area contributed by atoms with Crippen molar-refractivity contribution in [1.82, 2.24) is 15.3 Å². The molecule has 6 nitrogen and oxygen atoms in total. The van der Waals surface area contributed by atoms with Crippen LogP contribution < -0.4 is 10.6 Å². The Morgan fingerprint density at radius 1 is 1.24 bits per heavy atom.